The van der Waals surface area contributed by atoms with E-state index in [-0.39, 0.29) is 22.6 Å². The van der Waals surface area contributed by atoms with Crippen LogP contribution in [0.5, 0.6) is 0 Å². The smallest absolute Gasteiger partial charge is 0.338 e. The molecule has 1 aromatic rings. The van der Waals surface area contributed by atoms with Gasteiger partial charge >= 0.3 is 12.0 Å². The predicted octanol–water partition coefficient (Wildman–Crippen LogP) is 2.25. The standard InChI is InChI=1S/C21H27N3O6/c1-6-7-10-24-17(26)14-9-8-13(11-15(14)18(24)27)19(28)30-12(2)16(25)22-20(29)23-21(3,4)5/h8-9,11-12H,6-7,10H2,1-5H3,(H2,22,23,25,29)/t12-/m0/s1. The van der Waals surface area contributed by atoms with Crippen LogP contribution in [0.2, 0.25) is 0 Å². The number of amides is 5. The molecular formula is C21H27N3O6. The first-order valence-corrected chi connectivity index (χ1v) is 9.79. The van der Waals surface area contributed by atoms with E-state index in [4.69, 9.17) is 4.74 Å². The number of nitrogens with one attached hydrogen (secondary N) is 2. The zero-order valence-corrected chi connectivity index (χ0v) is 17.8. The number of imide groups is 2. The normalized spacial score (nSPS) is 14.2. The highest BCUT2D eigenvalue weighted by Gasteiger charge is 2.35. The molecule has 0 bridgehead atoms. The zero-order valence-electron chi connectivity index (χ0n) is 17.8. The van der Waals surface area contributed by atoms with Crippen LogP contribution in [-0.2, 0) is 9.53 Å². The van der Waals surface area contributed by atoms with Crippen molar-refractivity contribution in [2.24, 2.45) is 0 Å². The van der Waals surface area contributed by atoms with Crippen LogP contribution >= 0.6 is 0 Å². The Bertz CT molecular complexity index is 887. The number of fused-ring (bicyclic) bond motifs is 1. The van der Waals surface area contributed by atoms with E-state index in [1.165, 1.54) is 25.1 Å². The summed E-state index contributed by atoms with van der Waals surface area (Å²) in [6.45, 7) is 8.86. The highest BCUT2D eigenvalue weighted by Crippen LogP contribution is 2.25. The van der Waals surface area contributed by atoms with Crippen LogP contribution in [0.4, 0.5) is 4.79 Å². The minimum absolute atomic E-state index is 0.0334. The van der Waals surface area contributed by atoms with Crippen molar-refractivity contribution >= 4 is 29.7 Å². The lowest BCUT2D eigenvalue weighted by atomic mass is 10.1. The highest BCUT2D eigenvalue weighted by atomic mass is 16.5. The lowest BCUT2D eigenvalue weighted by molar-refractivity contribution is -0.127. The second kappa shape index (κ2) is 9.06. The molecule has 9 heteroatoms. The molecule has 162 valence electrons. The molecule has 0 saturated carbocycles. The maximum absolute atomic E-state index is 12.5. The molecule has 1 aliphatic heterocycles. The molecule has 0 spiro atoms. The van der Waals surface area contributed by atoms with E-state index in [0.717, 1.165) is 11.3 Å². The highest BCUT2D eigenvalue weighted by molar-refractivity contribution is 6.22. The summed E-state index contributed by atoms with van der Waals surface area (Å²) in [5.41, 5.74) is -0.139. The molecule has 30 heavy (non-hydrogen) atoms. The quantitative estimate of drug-likeness (QED) is 0.541. The van der Waals surface area contributed by atoms with E-state index >= 15 is 0 Å². The largest absolute Gasteiger partial charge is 0.449 e. The first kappa shape index (κ1) is 23.1. The Morgan fingerprint density at radius 1 is 1.10 bits per heavy atom. The number of carbonyl (C=O) groups excluding carboxylic acids is 5. The van der Waals surface area contributed by atoms with Gasteiger partial charge < -0.3 is 10.1 Å². The Labute approximate surface area is 175 Å². The molecule has 2 N–H and O–H groups in total. The van der Waals surface area contributed by atoms with E-state index < -0.39 is 35.5 Å². The van der Waals surface area contributed by atoms with Gasteiger partial charge in [-0.25, -0.2) is 9.59 Å². The van der Waals surface area contributed by atoms with Gasteiger partial charge in [-0.3, -0.25) is 24.6 Å². The van der Waals surface area contributed by atoms with Crippen molar-refractivity contribution in [1.82, 2.24) is 15.5 Å². The van der Waals surface area contributed by atoms with Crippen LogP contribution in [0.1, 0.15) is 78.5 Å². The van der Waals surface area contributed by atoms with Crippen molar-refractivity contribution in [2.45, 2.75) is 59.1 Å². The van der Waals surface area contributed by atoms with E-state index in [0.29, 0.717) is 13.0 Å². The average Bonchev–Trinajstić information content (AvgIpc) is 2.88. The van der Waals surface area contributed by atoms with Crippen molar-refractivity contribution in [2.75, 3.05) is 6.54 Å². The minimum atomic E-state index is -1.24. The number of carbonyl (C=O) groups is 5. The number of nitrogens with zero attached hydrogens (tertiary/aromatic N) is 1. The Kier molecular flexibility index (Phi) is 6.96. The fraction of sp³-hybridized carbons (Fsp3) is 0.476. The van der Waals surface area contributed by atoms with Gasteiger partial charge in [-0.05, 0) is 52.3 Å². The molecule has 0 unspecified atom stereocenters. The third-order valence-corrected chi connectivity index (χ3v) is 4.32. The molecule has 0 radical (unpaired) electrons. The molecule has 0 fully saturated rings. The van der Waals surface area contributed by atoms with Gasteiger partial charge in [0.1, 0.15) is 0 Å². The number of rotatable bonds is 6. The van der Waals surface area contributed by atoms with Crippen molar-refractivity contribution in [3.8, 4) is 0 Å². The summed E-state index contributed by atoms with van der Waals surface area (Å²) in [4.78, 5) is 62.3. The first-order valence-electron chi connectivity index (χ1n) is 9.79. The van der Waals surface area contributed by atoms with Gasteiger partial charge in [0, 0.05) is 12.1 Å². The van der Waals surface area contributed by atoms with Crippen LogP contribution in [0.3, 0.4) is 0 Å². The van der Waals surface area contributed by atoms with Gasteiger partial charge in [-0.2, -0.15) is 0 Å². The lowest BCUT2D eigenvalue weighted by Crippen LogP contribution is -2.50. The van der Waals surface area contributed by atoms with Crippen LogP contribution in [0, 0.1) is 0 Å². The van der Waals surface area contributed by atoms with Crippen LogP contribution in [0.15, 0.2) is 18.2 Å². The third-order valence-electron chi connectivity index (χ3n) is 4.32. The summed E-state index contributed by atoms with van der Waals surface area (Å²) in [5.74, 6) is -2.48. The number of benzene rings is 1. The molecule has 2 rings (SSSR count). The molecule has 0 aliphatic carbocycles. The van der Waals surface area contributed by atoms with E-state index in [9.17, 15) is 24.0 Å². The van der Waals surface area contributed by atoms with Crippen molar-refractivity contribution < 1.29 is 28.7 Å². The predicted molar refractivity (Wildman–Crippen MR) is 108 cm³/mol. The number of unbranched alkanes of at least 4 members (excludes halogenated alkanes) is 1. The first-order chi connectivity index (χ1) is 13.9. The number of esters is 1. The number of ether oxygens (including phenoxy) is 1. The topological polar surface area (TPSA) is 122 Å². The molecule has 1 atom stereocenters. The van der Waals surface area contributed by atoms with Crippen molar-refractivity contribution in [3.63, 3.8) is 0 Å². The summed E-state index contributed by atoms with van der Waals surface area (Å²) >= 11 is 0. The van der Waals surface area contributed by atoms with Crippen LogP contribution < -0.4 is 10.6 Å². The van der Waals surface area contributed by atoms with Gasteiger partial charge in [-0.1, -0.05) is 13.3 Å². The van der Waals surface area contributed by atoms with Gasteiger partial charge in [0.05, 0.1) is 16.7 Å². The van der Waals surface area contributed by atoms with E-state index in [1.54, 1.807) is 20.8 Å². The van der Waals surface area contributed by atoms with E-state index in [2.05, 4.69) is 10.6 Å². The van der Waals surface area contributed by atoms with Crippen LogP contribution in [0.25, 0.3) is 0 Å². The summed E-state index contributed by atoms with van der Waals surface area (Å²) in [5, 5.41) is 4.66. The number of hydrogen-bond donors (Lipinski definition) is 2. The Hall–Kier alpha value is -3.23. The fourth-order valence-corrected chi connectivity index (χ4v) is 2.80. The molecule has 0 aromatic heterocycles. The van der Waals surface area contributed by atoms with Gasteiger partial charge in [-0.15, -0.1) is 0 Å². The maximum Gasteiger partial charge on any atom is 0.338 e. The Morgan fingerprint density at radius 2 is 1.73 bits per heavy atom. The Balaban J connectivity index is 2.04. The van der Waals surface area contributed by atoms with Gasteiger partial charge in [0.25, 0.3) is 17.7 Å². The molecular weight excluding hydrogens is 390 g/mol. The lowest BCUT2D eigenvalue weighted by Gasteiger charge is -2.21. The molecule has 1 aliphatic rings. The summed E-state index contributed by atoms with van der Waals surface area (Å²) < 4.78 is 5.10. The molecule has 1 heterocycles. The zero-order chi connectivity index (χ0) is 22.6. The van der Waals surface area contributed by atoms with Gasteiger partial charge in [0.2, 0.25) is 0 Å². The Morgan fingerprint density at radius 3 is 2.33 bits per heavy atom. The van der Waals surface area contributed by atoms with Crippen molar-refractivity contribution in [3.05, 3.63) is 34.9 Å². The maximum atomic E-state index is 12.5. The molecule has 5 amide bonds. The monoisotopic (exact) mass is 417 g/mol. The summed E-state index contributed by atoms with van der Waals surface area (Å²) in [6.07, 6.45) is 0.281. The second-order valence-electron chi connectivity index (χ2n) is 8.12. The van der Waals surface area contributed by atoms with Crippen molar-refractivity contribution in [1.29, 1.82) is 0 Å². The molecule has 1 aromatic carbocycles. The summed E-state index contributed by atoms with van der Waals surface area (Å²) in [6, 6.07) is 3.36. The minimum Gasteiger partial charge on any atom is -0.449 e. The fourth-order valence-electron chi connectivity index (χ4n) is 2.80. The number of urea groups is 1. The van der Waals surface area contributed by atoms with Gasteiger partial charge in [0.15, 0.2) is 6.10 Å². The number of hydrogen-bond acceptors (Lipinski definition) is 6. The SMILES string of the molecule is CCCCN1C(=O)c2ccc(C(=O)O[C@@H](C)C(=O)NC(=O)NC(C)(C)C)cc2C1=O. The third kappa shape index (κ3) is 5.43. The molecule has 0 saturated heterocycles. The average molecular weight is 417 g/mol. The van der Waals surface area contributed by atoms with Crippen LogP contribution in [-0.4, -0.2) is 52.8 Å². The summed E-state index contributed by atoms with van der Waals surface area (Å²) in [7, 11) is 0. The molecule has 9 nitrogen and oxygen atoms in total. The van der Waals surface area contributed by atoms with E-state index in [1.807, 2.05) is 6.92 Å². The second-order valence-corrected chi connectivity index (χ2v) is 8.12.